The number of benzene rings is 2. The predicted octanol–water partition coefficient (Wildman–Crippen LogP) is 2.88. The Morgan fingerprint density at radius 1 is 0.971 bits per heavy atom. The largest absolute Gasteiger partial charge is 0.497 e. The van der Waals surface area contributed by atoms with Gasteiger partial charge in [-0.1, -0.05) is 12.1 Å². The van der Waals surface area contributed by atoms with E-state index in [1.807, 2.05) is 0 Å². The smallest absolute Gasteiger partial charge is 0.332 e. The van der Waals surface area contributed by atoms with Gasteiger partial charge in [-0.15, -0.1) is 11.3 Å². The number of rotatable bonds is 7. The van der Waals surface area contributed by atoms with Gasteiger partial charge >= 0.3 is 5.69 Å². The first-order valence-electron chi connectivity index (χ1n) is 10.4. The molecule has 0 saturated heterocycles. The number of nitrogens with one attached hydrogen (secondary N) is 2. The maximum absolute atomic E-state index is 13.3. The fourth-order valence-corrected chi connectivity index (χ4v) is 4.41. The van der Waals surface area contributed by atoms with Crippen molar-refractivity contribution in [2.24, 2.45) is 0 Å². The first kappa shape index (κ1) is 23.0. The minimum atomic E-state index is -0.574. The van der Waals surface area contributed by atoms with E-state index in [-0.39, 0.29) is 19.0 Å². The third-order valence-electron chi connectivity index (χ3n) is 5.10. The van der Waals surface area contributed by atoms with Gasteiger partial charge in [0.25, 0.3) is 5.56 Å². The molecule has 0 fully saturated rings. The molecule has 0 spiro atoms. The number of aromatic nitrogens is 2. The highest BCUT2D eigenvalue weighted by Crippen LogP contribution is 2.18. The van der Waals surface area contributed by atoms with Crippen molar-refractivity contribution in [2.45, 2.75) is 20.0 Å². The molecular weight excluding hydrogens is 456 g/mol. The van der Waals surface area contributed by atoms with Crippen molar-refractivity contribution < 1.29 is 14.3 Å². The SMILES string of the molecule is COc1cccc(Cn2c(=O)c3sccc3n(CC(=O)Nc3ccc(NC(C)=O)cc3)c2=O)c1. The summed E-state index contributed by atoms with van der Waals surface area (Å²) >= 11 is 1.22. The van der Waals surface area contributed by atoms with Crippen LogP contribution in [0.1, 0.15) is 12.5 Å². The van der Waals surface area contributed by atoms with E-state index in [1.165, 1.54) is 22.8 Å². The number of ether oxygens (including phenoxy) is 1. The highest BCUT2D eigenvalue weighted by Gasteiger charge is 2.17. The van der Waals surface area contributed by atoms with Gasteiger partial charge in [0.2, 0.25) is 11.8 Å². The number of fused-ring (bicyclic) bond motifs is 1. The molecule has 0 aliphatic rings. The fraction of sp³-hybridized carbons (Fsp3) is 0.167. The molecule has 0 saturated carbocycles. The summed E-state index contributed by atoms with van der Waals surface area (Å²) in [5, 5.41) is 7.11. The zero-order valence-corrected chi connectivity index (χ0v) is 19.3. The highest BCUT2D eigenvalue weighted by molar-refractivity contribution is 7.17. The molecule has 0 bridgehead atoms. The zero-order valence-electron chi connectivity index (χ0n) is 18.5. The number of methoxy groups -OCH3 is 1. The quantitative estimate of drug-likeness (QED) is 0.424. The maximum atomic E-state index is 13.3. The fourth-order valence-electron chi connectivity index (χ4n) is 3.56. The van der Waals surface area contributed by atoms with Crippen LogP contribution < -0.4 is 26.6 Å². The molecule has 0 atom stereocenters. The number of hydrogen-bond donors (Lipinski definition) is 2. The molecule has 0 unspecified atom stereocenters. The number of carbonyl (C=O) groups is 2. The molecule has 174 valence electrons. The van der Waals surface area contributed by atoms with Gasteiger partial charge in [-0.2, -0.15) is 0 Å². The summed E-state index contributed by atoms with van der Waals surface area (Å²) in [7, 11) is 1.54. The second-order valence-corrected chi connectivity index (χ2v) is 8.47. The minimum Gasteiger partial charge on any atom is -0.497 e. The molecule has 34 heavy (non-hydrogen) atoms. The van der Waals surface area contributed by atoms with E-state index in [0.29, 0.717) is 27.3 Å². The van der Waals surface area contributed by atoms with Gasteiger partial charge in [0.1, 0.15) is 17.0 Å². The third kappa shape index (κ3) is 4.91. The number of anilines is 2. The molecule has 10 heteroatoms. The van der Waals surface area contributed by atoms with Crippen LogP contribution in [0.15, 0.2) is 69.6 Å². The van der Waals surface area contributed by atoms with Crippen molar-refractivity contribution in [2.75, 3.05) is 17.7 Å². The van der Waals surface area contributed by atoms with Crippen LogP contribution >= 0.6 is 11.3 Å². The van der Waals surface area contributed by atoms with Gasteiger partial charge in [-0.3, -0.25) is 23.5 Å². The molecule has 0 aliphatic carbocycles. The monoisotopic (exact) mass is 478 g/mol. The van der Waals surface area contributed by atoms with E-state index in [2.05, 4.69) is 10.6 Å². The third-order valence-corrected chi connectivity index (χ3v) is 5.99. The van der Waals surface area contributed by atoms with Crippen molar-refractivity contribution in [3.63, 3.8) is 0 Å². The summed E-state index contributed by atoms with van der Waals surface area (Å²) in [4.78, 5) is 50.2. The highest BCUT2D eigenvalue weighted by atomic mass is 32.1. The summed E-state index contributed by atoms with van der Waals surface area (Å²) < 4.78 is 8.05. The average molecular weight is 479 g/mol. The molecule has 2 aromatic heterocycles. The normalized spacial score (nSPS) is 10.8. The molecule has 4 aromatic rings. The summed E-state index contributed by atoms with van der Waals surface area (Å²) in [5.74, 6) is 0.000410. The van der Waals surface area contributed by atoms with Crippen LogP contribution in [-0.2, 0) is 22.7 Å². The van der Waals surface area contributed by atoms with Crippen LogP contribution in [0, 0.1) is 0 Å². The number of hydrogen-bond acceptors (Lipinski definition) is 6. The lowest BCUT2D eigenvalue weighted by molar-refractivity contribution is -0.117. The van der Waals surface area contributed by atoms with Crippen LogP contribution in [0.4, 0.5) is 11.4 Å². The zero-order chi connectivity index (χ0) is 24.2. The summed E-state index contributed by atoms with van der Waals surface area (Å²) in [5.41, 5.74) is 1.28. The molecule has 2 aromatic carbocycles. The predicted molar refractivity (Wildman–Crippen MR) is 132 cm³/mol. The molecule has 0 radical (unpaired) electrons. The number of amides is 2. The van der Waals surface area contributed by atoms with Crippen LogP contribution in [0.3, 0.4) is 0 Å². The Morgan fingerprint density at radius 2 is 1.68 bits per heavy atom. The first-order chi connectivity index (χ1) is 16.4. The Bertz CT molecular complexity index is 1480. The lowest BCUT2D eigenvalue weighted by Gasteiger charge is -2.13. The molecule has 2 N–H and O–H groups in total. The number of thiophene rings is 1. The van der Waals surface area contributed by atoms with Crippen molar-refractivity contribution in [1.82, 2.24) is 9.13 Å². The van der Waals surface area contributed by atoms with Gasteiger partial charge in [-0.05, 0) is 53.4 Å². The van der Waals surface area contributed by atoms with Crippen molar-refractivity contribution in [1.29, 1.82) is 0 Å². The Morgan fingerprint density at radius 3 is 2.35 bits per heavy atom. The van der Waals surface area contributed by atoms with Gasteiger partial charge in [0.05, 0.1) is 19.2 Å². The van der Waals surface area contributed by atoms with E-state index in [0.717, 1.165) is 10.1 Å². The molecular formula is C24H22N4O5S. The van der Waals surface area contributed by atoms with Gasteiger partial charge in [0, 0.05) is 18.3 Å². The lowest BCUT2D eigenvalue weighted by Crippen LogP contribution is -2.41. The van der Waals surface area contributed by atoms with E-state index in [9.17, 15) is 19.2 Å². The van der Waals surface area contributed by atoms with Crippen LogP contribution in [0.25, 0.3) is 10.2 Å². The lowest BCUT2D eigenvalue weighted by atomic mass is 10.2. The Hall–Kier alpha value is -4.18. The standard InChI is InChI=1S/C24H22N4O5S/c1-15(29)25-17-6-8-18(9-7-17)26-21(30)14-27-20-10-11-34-22(20)23(31)28(24(27)32)13-16-4-3-5-19(12-16)33-2/h3-12H,13-14H2,1-2H3,(H,25,29)(H,26,30). The maximum Gasteiger partial charge on any atom is 0.332 e. The first-order valence-corrected chi connectivity index (χ1v) is 11.2. The molecule has 4 rings (SSSR count). The second-order valence-electron chi connectivity index (χ2n) is 7.55. The number of carbonyl (C=O) groups excluding carboxylic acids is 2. The summed E-state index contributed by atoms with van der Waals surface area (Å²) in [6.07, 6.45) is 0. The Kier molecular flexibility index (Phi) is 6.60. The topological polar surface area (TPSA) is 111 Å². The molecule has 2 amide bonds. The number of nitrogens with zero attached hydrogens (tertiary/aromatic N) is 2. The second kappa shape index (κ2) is 9.75. The van der Waals surface area contributed by atoms with Crippen LogP contribution in [0.5, 0.6) is 5.75 Å². The van der Waals surface area contributed by atoms with E-state index in [4.69, 9.17) is 4.74 Å². The minimum absolute atomic E-state index is 0.0505. The molecule has 2 heterocycles. The van der Waals surface area contributed by atoms with Gasteiger partial charge in [-0.25, -0.2) is 4.79 Å². The van der Waals surface area contributed by atoms with E-state index >= 15 is 0 Å². The molecule has 0 aliphatic heterocycles. The van der Waals surface area contributed by atoms with Crippen molar-refractivity contribution in [3.8, 4) is 5.75 Å². The van der Waals surface area contributed by atoms with Crippen molar-refractivity contribution in [3.05, 3.63) is 86.4 Å². The average Bonchev–Trinajstić information content (AvgIpc) is 3.31. The summed E-state index contributed by atoms with van der Waals surface area (Å²) in [6, 6.07) is 15.4. The van der Waals surface area contributed by atoms with E-state index < -0.39 is 17.2 Å². The Labute approximate surface area is 198 Å². The van der Waals surface area contributed by atoms with E-state index in [1.54, 1.807) is 67.1 Å². The van der Waals surface area contributed by atoms with Crippen LogP contribution in [-0.4, -0.2) is 28.1 Å². The summed E-state index contributed by atoms with van der Waals surface area (Å²) in [6.45, 7) is 1.19. The Balaban J connectivity index is 1.62. The van der Waals surface area contributed by atoms with Crippen LogP contribution in [0.2, 0.25) is 0 Å². The van der Waals surface area contributed by atoms with Gasteiger partial charge < -0.3 is 15.4 Å². The molecule has 9 nitrogen and oxygen atoms in total. The van der Waals surface area contributed by atoms with Gasteiger partial charge in [0.15, 0.2) is 0 Å². The van der Waals surface area contributed by atoms with Crippen molar-refractivity contribution >= 4 is 44.7 Å².